The molecule has 1 saturated carbocycles. The zero-order chi connectivity index (χ0) is 15.4. The first-order valence-corrected chi connectivity index (χ1v) is 7.92. The number of fused-ring (bicyclic) bond motifs is 2. The van der Waals surface area contributed by atoms with E-state index in [1.54, 1.807) is 13.2 Å². The van der Waals surface area contributed by atoms with Crippen molar-refractivity contribution in [3.05, 3.63) is 48.1 Å². The summed E-state index contributed by atoms with van der Waals surface area (Å²) in [6.45, 7) is 0.521. The van der Waals surface area contributed by atoms with Gasteiger partial charge in [0.25, 0.3) is 0 Å². The number of benzene rings is 1. The molecule has 0 aromatic heterocycles. The third-order valence-electron chi connectivity index (χ3n) is 4.68. The molecule has 0 spiro atoms. The van der Waals surface area contributed by atoms with Gasteiger partial charge in [-0.1, -0.05) is 24.3 Å². The van der Waals surface area contributed by atoms with Crippen LogP contribution < -0.4 is 4.74 Å². The maximum atomic E-state index is 11.7. The fourth-order valence-corrected chi connectivity index (χ4v) is 3.46. The fraction of sp³-hybridized carbons (Fsp3) is 0.421. The highest BCUT2D eigenvalue weighted by atomic mass is 16.5. The van der Waals surface area contributed by atoms with Gasteiger partial charge in [-0.05, 0) is 60.8 Å². The molecule has 3 atom stereocenters. The van der Waals surface area contributed by atoms with Crippen LogP contribution in [-0.2, 0) is 9.53 Å². The molecule has 1 aromatic carbocycles. The lowest BCUT2D eigenvalue weighted by Gasteiger charge is -2.17. The maximum Gasteiger partial charge on any atom is 0.330 e. The van der Waals surface area contributed by atoms with E-state index >= 15 is 0 Å². The van der Waals surface area contributed by atoms with Crippen LogP contribution in [-0.4, -0.2) is 19.7 Å². The molecular weight excluding hydrogens is 276 g/mol. The van der Waals surface area contributed by atoms with Gasteiger partial charge in [0.05, 0.1) is 13.7 Å². The average Bonchev–Trinajstić information content (AvgIpc) is 3.16. The van der Waals surface area contributed by atoms with Crippen LogP contribution in [0.15, 0.2) is 42.5 Å². The van der Waals surface area contributed by atoms with E-state index in [0.29, 0.717) is 12.5 Å². The zero-order valence-electron chi connectivity index (χ0n) is 12.9. The summed E-state index contributed by atoms with van der Waals surface area (Å²) in [7, 11) is 1.63. The second-order valence-corrected chi connectivity index (χ2v) is 6.10. The first-order chi connectivity index (χ1) is 10.7. The number of esters is 1. The Labute approximate surface area is 131 Å². The summed E-state index contributed by atoms with van der Waals surface area (Å²) in [5.74, 6) is 2.74. The second kappa shape index (κ2) is 6.82. The van der Waals surface area contributed by atoms with Gasteiger partial charge >= 0.3 is 5.97 Å². The van der Waals surface area contributed by atoms with Gasteiger partial charge in [-0.3, -0.25) is 0 Å². The first-order valence-electron chi connectivity index (χ1n) is 7.92. The molecule has 3 nitrogen and oxygen atoms in total. The smallest absolute Gasteiger partial charge is 0.330 e. The monoisotopic (exact) mass is 298 g/mol. The molecule has 0 N–H and O–H groups in total. The lowest BCUT2D eigenvalue weighted by atomic mass is 9.91. The number of rotatable bonds is 6. The van der Waals surface area contributed by atoms with E-state index in [2.05, 4.69) is 12.2 Å². The number of hydrogen-bond acceptors (Lipinski definition) is 3. The lowest BCUT2D eigenvalue weighted by molar-refractivity contribution is -0.138. The van der Waals surface area contributed by atoms with Crippen molar-refractivity contribution in [2.75, 3.05) is 13.7 Å². The van der Waals surface area contributed by atoms with Crippen molar-refractivity contribution in [1.82, 2.24) is 0 Å². The molecule has 2 aliphatic rings. The van der Waals surface area contributed by atoms with Crippen LogP contribution in [0.2, 0.25) is 0 Å². The molecule has 3 rings (SSSR count). The van der Waals surface area contributed by atoms with Crippen LogP contribution in [0.1, 0.15) is 24.8 Å². The van der Waals surface area contributed by atoms with E-state index in [0.717, 1.165) is 29.6 Å². The number of ether oxygens (including phenoxy) is 2. The minimum Gasteiger partial charge on any atom is -0.497 e. The Bertz CT molecular complexity index is 571. The Kier molecular flexibility index (Phi) is 4.62. The molecule has 116 valence electrons. The van der Waals surface area contributed by atoms with E-state index in [1.807, 2.05) is 24.3 Å². The molecule has 0 saturated heterocycles. The quantitative estimate of drug-likeness (QED) is 0.454. The van der Waals surface area contributed by atoms with E-state index < -0.39 is 0 Å². The van der Waals surface area contributed by atoms with E-state index in [-0.39, 0.29) is 5.97 Å². The van der Waals surface area contributed by atoms with Gasteiger partial charge in [0.1, 0.15) is 5.75 Å². The van der Waals surface area contributed by atoms with Crippen molar-refractivity contribution in [1.29, 1.82) is 0 Å². The van der Waals surface area contributed by atoms with Crippen LogP contribution in [0.3, 0.4) is 0 Å². The maximum absolute atomic E-state index is 11.7. The molecule has 0 heterocycles. The van der Waals surface area contributed by atoms with E-state index in [9.17, 15) is 4.79 Å². The van der Waals surface area contributed by atoms with Gasteiger partial charge in [-0.25, -0.2) is 4.79 Å². The molecule has 1 fully saturated rings. The molecule has 0 aliphatic heterocycles. The van der Waals surface area contributed by atoms with Gasteiger partial charge in [-0.15, -0.1) is 0 Å². The normalized spacial score (nSPS) is 25.8. The van der Waals surface area contributed by atoms with E-state index in [1.165, 1.54) is 18.9 Å². The van der Waals surface area contributed by atoms with Gasteiger partial charge in [-0.2, -0.15) is 0 Å². The standard InChI is InChI=1S/C19H22O3/c1-21-18-7-3-14(4-8-18)5-9-19(20)22-11-10-17-13-15-2-6-16(17)12-15/h2-9,15-17H,10-13H2,1H3/b9-5+. The third-order valence-corrected chi connectivity index (χ3v) is 4.68. The van der Waals surface area contributed by atoms with Gasteiger partial charge in [0.2, 0.25) is 0 Å². The van der Waals surface area contributed by atoms with E-state index in [4.69, 9.17) is 9.47 Å². The molecule has 0 radical (unpaired) electrons. The highest BCUT2D eigenvalue weighted by Crippen LogP contribution is 2.44. The largest absolute Gasteiger partial charge is 0.497 e. The Balaban J connectivity index is 1.40. The average molecular weight is 298 g/mol. The number of methoxy groups -OCH3 is 1. The van der Waals surface area contributed by atoms with Crippen molar-refractivity contribution in [3.8, 4) is 5.75 Å². The SMILES string of the molecule is COc1ccc(/C=C/C(=O)OCCC2CC3C=CC2C3)cc1. The summed E-state index contributed by atoms with van der Waals surface area (Å²) in [5, 5.41) is 0. The van der Waals surface area contributed by atoms with Crippen molar-refractivity contribution in [3.63, 3.8) is 0 Å². The van der Waals surface area contributed by atoms with Gasteiger partial charge in [0, 0.05) is 6.08 Å². The van der Waals surface area contributed by atoms with Crippen molar-refractivity contribution in [2.45, 2.75) is 19.3 Å². The van der Waals surface area contributed by atoms with Crippen LogP contribution in [0.4, 0.5) is 0 Å². The highest BCUT2D eigenvalue weighted by Gasteiger charge is 2.35. The topological polar surface area (TPSA) is 35.5 Å². The van der Waals surface area contributed by atoms with Crippen LogP contribution >= 0.6 is 0 Å². The molecule has 3 heteroatoms. The Morgan fingerprint density at radius 1 is 1.23 bits per heavy atom. The Morgan fingerprint density at radius 3 is 2.68 bits per heavy atom. The van der Waals surface area contributed by atoms with Crippen LogP contribution in [0.25, 0.3) is 6.08 Å². The zero-order valence-corrected chi connectivity index (χ0v) is 12.9. The number of hydrogen-bond donors (Lipinski definition) is 0. The Hall–Kier alpha value is -2.03. The molecule has 3 unspecified atom stereocenters. The summed E-state index contributed by atoms with van der Waals surface area (Å²) in [6, 6.07) is 7.55. The fourth-order valence-electron chi connectivity index (χ4n) is 3.46. The van der Waals surface area contributed by atoms with Gasteiger partial charge < -0.3 is 9.47 Å². The summed E-state index contributed by atoms with van der Waals surface area (Å²) in [5.41, 5.74) is 0.955. The molecule has 0 amide bonds. The number of carbonyl (C=O) groups is 1. The van der Waals surface area contributed by atoms with Crippen LogP contribution in [0.5, 0.6) is 5.75 Å². The minimum atomic E-state index is -0.269. The highest BCUT2D eigenvalue weighted by molar-refractivity contribution is 5.87. The lowest BCUT2D eigenvalue weighted by Crippen LogP contribution is -2.12. The molecule has 22 heavy (non-hydrogen) atoms. The molecule has 2 bridgehead atoms. The van der Waals surface area contributed by atoms with Crippen LogP contribution in [0, 0.1) is 17.8 Å². The molecule has 2 aliphatic carbocycles. The van der Waals surface area contributed by atoms with Crippen molar-refractivity contribution < 1.29 is 14.3 Å². The predicted octanol–water partition coefficient (Wildman–Crippen LogP) is 3.85. The summed E-state index contributed by atoms with van der Waals surface area (Å²) >= 11 is 0. The minimum absolute atomic E-state index is 0.269. The third kappa shape index (κ3) is 3.59. The second-order valence-electron chi connectivity index (χ2n) is 6.10. The Morgan fingerprint density at radius 2 is 2.05 bits per heavy atom. The predicted molar refractivity (Wildman–Crippen MR) is 86.4 cm³/mol. The van der Waals surface area contributed by atoms with Gasteiger partial charge in [0.15, 0.2) is 0 Å². The molecule has 1 aromatic rings. The first kappa shape index (κ1) is 14.9. The summed E-state index contributed by atoms with van der Waals surface area (Å²) < 4.78 is 10.4. The number of allylic oxidation sites excluding steroid dienone is 2. The summed E-state index contributed by atoms with van der Waals surface area (Å²) in [4.78, 5) is 11.7. The number of carbonyl (C=O) groups excluding carboxylic acids is 1. The van der Waals surface area contributed by atoms with Crippen molar-refractivity contribution in [2.24, 2.45) is 17.8 Å². The summed E-state index contributed by atoms with van der Waals surface area (Å²) in [6.07, 6.45) is 11.5. The molecular formula is C19H22O3. The van der Waals surface area contributed by atoms with Crippen molar-refractivity contribution >= 4 is 12.0 Å².